The van der Waals surface area contributed by atoms with Gasteiger partial charge in [-0.1, -0.05) is 0 Å². The highest BCUT2D eigenvalue weighted by molar-refractivity contribution is 8.00. The van der Waals surface area contributed by atoms with E-state index in [9.17, 15) is 0 Å². The molecule has 2 aliphatic heterocycles. The van der Waals surface area contributed by atoms with Crippen LogP contribution in [0.2, 0.25) is 0 Å². The summed E-state index contributed by atoms with van der Waals surface area (Å²) < 4.78 is 0. The van der Waals surface area contributed by atoms with Gasteiger partial charge in [0.15, 0.2) is 0 Å². The highest BCUT2D eigenvalue weighted by atomic mass is 32.2. The number of thioether (sulfide) groups is 1. The highest BCUT2D eigenvalue weighted by Gasteiger charge is 2.45. The molecule has 0 saturated carbocycles. The summed E-state index contributed by atoms with van der Waals surface area (Å²) in [4.78, 5) is 2.34. The van der Waals surface area contributed by atoms with Gasteiger partial charge < -0.3 is 10.6 Å². The van der Waals surface area contributed by atoms with Gasteiger partial charge >= 0.3 is 0 Å². The Kier molecular flexibility index (Phi) is 1.48. The van der Waals surface area contributed by atoms with Crippen LogP contribution in [0.5, 0.6) is 0 Å². The third-order valence-electron chi connectivity index (χ3n) is 2.57. The largest absolute Gasteiger partial charge is 0.323 e. The molecule has 2 fully saturated rings. The number of hydrogen-bond donors (Lipinski definition) is 1. The minimum absolute atomic E-state index is 0.166. The Labute approximate surface area is 66.1 Å². The first-order valence-corrected chi connectivity index (χ1v) is 4.85. The molecule has 0 bridgehead atoms. The molecule has 2 rings (SSSR count). The molecule has 0 amide bonds. The second-order valence-electron chi connectivity index (χ2n) is 3.54. The number of likely N-dealkylation sites (N-methyl/N-ethyl adjacent to an activating group) is 1. The van der Waals surface area contributed by atoms with E-state index in [1.165, 1.54) is 18.7 Å². The smallest absolute Gasteiger partial charge is 0.0423 e. The molecule has 0 aromatic carbocycles. The molecule has 0 spiro atoms. The van der Waals surface area contributed by atoms with E-state index in [2.05, 4.69) is 11.9 Å². The van der Waals surface area contributed by atoms with E-state index in [4.69, 9.17) is 5.73 Å². The zero-order chi connectivity index (χ0) is 7.19. The van der Waals surface area contributed by atoms with Gasteiger partial charge in [0.25, 0.3) is 0 Å². The molecule has 58 valence electrons. The summed E-state index contributed by atoms with van der Waals surface area (Å²) in [7, 11) is 2.16. The first kappa shape index (κ1) is 6.95. The molecular formula is C7H14N2S. The van der Waals surface area contributed by atoms with Crippen LogP contribution in [0.25, 0.3) is 0 Å². The normalized spacial score (nSPS) is 48.0. The number of likely N-dealkylation sites (tertiary alicyclic amines) is 1. The van der Waals surface area contributed by atoms with E-state index >= 15 is 0 Å². The maximum Gasteiger partial charge on any atom is 0.0423 e. The number of nitrogens with two attached hydrogens (primary N) is 1. The average Bonchev–Trinajstić information content (AvgIpc) is 2.20. The van der Waals surface area contributed by atoms with Crippen LogP contribution in [0.4, 0.5) is 0 Å². The first-order valence-electron chi connectivity index (χ1n) is 3.80. The molecule has 0 aromatic rings. The summed E-state index contributed by atoms with van der Waals surface area (Å²) >= 11 is 2.05. The molecule has 0 aromatic heterocycles. The van der Waals surface area contributed by atoms with Gasteiger partial charge in [0, 0.05) is 23.9 Å². The zero-order valence-electron chi connectivity index (χ0n) is 6.34. The van der Waals surface area contributed by atoms with E-state index in [1.807, 2.05) is 11.8 Å². The number of nitrogens with zero attached hydrogens (tertiary/aromatic N) is 1. The van der Waals surface area contributed by atoms with Crippen molar-refractivity contribution in [3.63, 3.8) is 0 Å². The van der Waals surface area contributed by atoms with Crippen molar-refractivity contribution in [2.75, 3.05) is 25.9 Å². The van der Waals surface area contributed by atoms with Crippen LogP contribution in [0.3, 0.4) is 0 Å². The highest BCUT2D eigenvalue weighted by Crippen LogP contribution is 2.38. The fourth-order valence-electron chi connectivity index (χ4n) is 1.98. The van der Waals surface area contributed by atoms with Crippen LogP contribution in [0.1, 0.15) is 6.42 Å². The van der Waals surface area contributed by atoms with Gasteiger partial charge in [-0.25, -0.2) is 0 Å². The lowest BCUT2D eigenvalue weighted by atomic mass is 9.97. The van der Waals surface area contributed by atoms with E-state index in [0.717, 1.165) is 11.8 Å². The van der Waals surface area contributed by atoms with E-state index in [-0.39, 0.29) is 5.54 Å². The molecule has 2 saturated heterocycles. The Balaban J connectivity index is 2.15. The average molecular weight is 158 g/mol. The van der Waals surface area contributed by atoms with Crippen molar-refractivity contribution in [1.82, 2.24) is 4.90 Å². The summed E-state index contributed by atoms with van der Waals surface area (Å²) in [6.07, 6.45) is 1.21. The van der Waals surface area contributed by atoms with Gasteiger partial charge in [0.05, 0.1) is 0 Å². The van der Waals surface area contributed by atoms with Crippen molar-refractivity contribution in [1.29, 1.82) is 0 Å². The van der Waals surface area contributed by atoms with Crippen LogP contribution in [-0.2, 0) is 0 Å². The predicted molar refractivity (Wildman–Crippen MR) is 45.3 cm³/mol. The van der Waals surface area contributed by atoms with E-state index in [0.29, 0.717) is 0 Å². The number of hydrogen-bond acceptors (Lipinski definition) is 3. The Bertz CT molecular complexity index is 151. The fourth-order valence-corrected chi connectivity index (χ4v) is 3.65. The van der Waals surface area contributed by atoms with Gasteiger partial charge in [0.1, 0.15) is 0 Å². The van der Waals surface area contributed by atoms with Crippen molar-refractivity contribution >= 4 is 11.8 Å². The van der Waals surface area contributed by atoms with Crippen molar-refractivity contribution < 1.29 is 0 Å². The maximum atomic E-state index is 6.19. The Morgan fingerprint density at radius 1 is 1.70 bits per heavy atom. The van der Waals surface area contributed by atoms with Crippen LogP contribution in [-0.4, -0.2) is 41.6 Å². The molecule has 2 N–H and O–H groups in total. The van der Waals surface area contributed by atoms with Crippen molar-refractivity contribution in [2.45, 2.75) is 17.2 Å². The van der Waals surface area contributed by atoms with Crippen molar-refractivity contribution in [3.05, 3.63) is 0 Å². The van der Waals surface area contributed by atoms with Crippen molar-refractivity contribution in [2.24, 2.45) is 5.73 Å². The second kappa shape index (κ2) is 2.13. The van der Waals surface area contributed by atoms with Crippen LogP contribution < -0.4 is 5.73 Å². The molecule has 3 heteroatoms. The van der Waals surface area contributed by atoms with E-state index in [1.54, 1.807) is 0 Å². The lowest BCUT2D eigenvalue weighted by molar-refractivity contribution is 0.366. The quantitative estimate of drug-likeness (QED) is 0.543. The lowest BCUT2D eigenvalue weighted by Crippen LogP contribution is -2.46. The molecule has 2 heterocycles. The standard InChI is InChI=1S/C7H14N2S/c1-9-4-6-7(8,5-9)2-3-10-6/h6H,2-5,8H2,1H3. The third kappa shape index (κ3) is 0.881. The van der Waals surface area contributed by atoms with Gasteiger partial charge in [-0.2, -0.15) is 11.8 Å². The summed E-state index contributed by atoms with van der Waals surface area (Å²) in [6.45, 7) is 2.30. The summed E-state index contributed by atoms with van der Waals surface area (Å²) in [5.41, 5.74) is 6.36. The fraction of sp³-hybridized carbons (Fsp3) is 1.00. The van der Waals surface area contributed by atoms with Gasteiger partial charge in [0.2, 0.25) is 0 Å². The van der Waals surface area contributed by atoms with E-state index < -0.39 is 0 Å². The Morgan fingerprint density at radius 3 is 3.20 bits per heavy atom. The summed E-state index contributed by atoms with van der Waals surface area (Å²) in [6, 6.07) is 0. The molecular weight excluding hydrogens is 144 g/mol. The zero-order valence-corrected chi connectivity index (χ0v) is 7.16. The minimum Gasteiger partial charge on any atom is -0.323 e. The van der Waals surface area contributed by atoms with Gasteiger partial charge in [-0.15, -0.1) is 0 Å². The topological polar surface area (TPSA) is 29.3 Å². The van der Waals surface area contributed by atoms with Crippen molar-refractivity contribution in [3.8, 4) is 0 Å². The monoisotopic (exact) mass is 158 g/mol. The van der Waals surface area contributed by atoms with Crippen LogP contribution >= 0.6 is 11.8 Å². The Hall–Kier alpha value is 0.270. The number of rotatable bonds is 0. The molecule has 0 aliphatic carbocycles. The second-order valence-corrected chi connectivity index (χ2v) is 4.85. The van der Waals surface area contributed by atoms with Gasteiger partial charge in [-0.3, -0.25) is 0 Å². The minimum atomic E-state index is 0.166. The molecule has 0 radical (unpaired) electrons. The third-order valence-corrected chi connectivity index (χ3v) is 4.03. The molecule has 2 aliphatic rings. The molecule has 2 nitrogen and oxygen atoms in total. The molecule has 2 atom stereocenters. The Morgan fingerprint density at radius 2 is 2.50 bits per heavy atom. The molecule has 2 unspecified atom stereocenters. The van der Waals surface area contributed by atoms with Gasteiger partial charge in [-0.05, 0) is 19.2 Å². The SMILES string of the molecule is CN1CC2SCCC2(N)C1. The summed E-state index contributed by atoms with van der Waals surface area (Å²) in [5.74, 6) is 1.27. The van der Waals surface area contributed by atoms with Crippen LogP contribution in [0.15, 0.2) is 0 Å². The first-order chi connectivity index (χ1) is 4.71. The molecule has 10 heavy (non-hydrogen) atoms. The predicted octanol–water partition coefficient (Wildman–Crippen LogP) is 0.135. The maximum absolute atomic E-state index is 6.19. The number of fused-ring (bicyclic) bond motifs is 1. The van der Waals surface area contributed by atoms with Crippen LogP contribution in [0, 0.1) is 0 Å². The lowest BCUT2D eigenvalue weighted by Gasteiger charge is -2.21. The summed E-state index contributed by atoms with van der Waals surface area (Å²) in [5, 5.41) is 0.720.